The number of nitrogens with zero attached hydrogens (tertiary/aromatic N) is 2. The number of hydrogen-bond acceptors (Lipinski definition) is 2. The van der Waals surface area contributed by atoms with E-state index in [1.807, 2.05) is 11.8 Å². The number of carbonyl (C=O) groups excluding carboxylic acids is 1. The molecule has 3 nitrogen and oxygen atoms in total. The zero-order chi connectivity index (χ0) is 19.4. The van der Waals surface area contributed by atoms with Gasteiger partial charge in [-0.15, -0.1) is 0 Å². The van der Waals surface area contributed by atoms with Gasteiger partial charge in [-0.05, 0) is 55.0 Å². The number of benzene rings is 2. The molecule has 2 aromatic carbocycles. The Balaban J connectivity index is 1.58. The molecule has 144 valence electrons. The maximum Gasteiger partial charge on any atom is 0.229 e. The topological polar surface area (TPSA) is 23.6 Å². The first kappa shape index (κ1) is 19.5. The van der Waals surface area contributed by atoms with Crippen molar-refractivity contribution >= 4 is 11.6 Å². The molecule has 0 radical (unpaired) electrons. The van der Waals surface area contributed by atoms with E-state index >= 15 is 0 Å². The van der Waals surface area contributed by atoms with Crippen LogP contribution in [0.4, 0.5) is 5.69 Å². The third kappa shape index (κ3) is 4.91. The summed E-state index contributed by atoms with van der Waals surface area (Å²) in [7, 11) is 0. The molecule has 0 N–H and O–H groups in total. The van der Waals surface area contributed by atoms with Crippen LogP contribution >= 0.6 is 0 Å². The first-order valence-electron chi connectivity index (χ1n) is 10.1. The Morgan fingerprint density at radius 1 is 0.963 bits per heavy atom. The second-order valence-electron chi connectivity index (χ2n) is 8.21. The molecule has 1 aliphatic rings. The molecule has 0 aliphatic carbocycles. The summed E-state index contributed by atoms with van der Waals surface area (Å²) >= 11 is 0. The molecule has 2 aromatic rings. The lowest BCUT2D eigenvalue weighted by molar-refractivity contribution is -0.132. The van der Waals surface area contributed by atoms with Gasteiger partial charge in [-0.2, -0.15) is 0 Å². The molecule has 0 spiro atoms. The zero-order valence-corrected chi connectivity index (χ0v) is 17.1. The third-order valence-corrected chi connectivity index (χ3v) is 5.45. The minimum Gasteiger partial charge on any atom is -0.368 e. The van der Waals surface area contributed by atoms with Crippen LogP contribution in [0.5, 0.6) is 0 Å². The molecule has 1 unspecified atom stereocenters. The van der Waals surface area contributed by atoms with Crippen LogP contribution in [0.15, 0.2) is 48.5 Å². The second kappa shape index (κ2) is 8.60. The summed E-state index contributed by atoms with van der Waals surface area (Å²) in [6.45, 7) is 12.0. The van der Waals surface area contributed by atoms with E-state index in [9.17, 15) is 4.79 Å². The van der Waals surface area contributed by atoms with E-state index in [0.29, 0.717) is 5.92 Å². The number of carbonyl (C=O) groups is 1. The number of piperazine rings is 1. The molecule has 3 rings (SSSR count). The van der Waals surface area contributed by atoms with Gasteiger partial charge in [-0.1, -0.05) is 50.2 Å². The molecule has 1 aliphatic heterocycles. The largest absolute Gasteiger partial charge is 0.368 e. The quantitative estimate of drug-likeness (QED) is 0.771. The van der Waals surface area contributed by atoms with Crippen molar-refractivity contribution < 1.29 is 4.79 Å². The van der Waals surface area contributed by atoms with Crippen LogP contribution in [-0.2, 0) is 11.2 Å². The van der Waals surface area contributed by atoms with E-state index < -0.39 is 0 Å². The molecular formula is C24H32N2O. The summed E-state index contributed by atoms with van der Waals surface area (Å²) in [5, 5.41) is 0. The van der Waals surface area contributed by atoms with E-state index in [1.54, 1.807) is 0 Å². The molecule has 1 heterocycles. The van der Waals surface area contributed by atoms with Crippen molar-refractivity contribution in [3.05, 3.63) is 65.2 Å². The van der Waals surface area contributed by atoms with Gasteiger partial charge in [0.1, 0.15) is 0 Å². The van der Waals surface area contributed by atoms with Gasteiger partial charge in [0.2, 0.25) is 5.91 Å². The molecule has 0 bridgehead atoms. The Labute approximate surface area is 164 Å². The van der Waals surface area contributed by atoms with Crippen LogP contribution in [0.3, 0.4) is 0 Å². The van der Waals surface area contributed by atoms with Gasteiger partial charge in [0.05, 0.1) is 5.92 Å². The Hall–Kier alpha value is -2.29. The minimum absolute atomic E-state index is 0.0800. The number of amides is 1. The monoisotopic (exact) mass is 364 g/mol. The molecule has 1 atom stereocenters. The van der Waals surface area contributed by atoms with Crippen molar-refractivity contribution in [2.24, 2.45) is 5.92 Å². The average Bonchev–Trinajstić information content (AvgIpc) is 2.67. The van der Waals surface area contributed by atoms with E-state index in [1.165, 1.54) is 16.8 Å². The zero-order valence-electron chi connectivity index (χ0n) is 17.1. The molecule has 0 saturated carbocycles. The molecule has 0 aromatic heterocycles. The summed E-state index contributed by atoms with van der Waals surface area (Å²) in [6, 6.07) is 17.2. The van der Waals surface area contributed by atoms with Crippen LogP contribution in [-0.4, -0.2) is 37.0 Å². The van der Waals surface area contributed by atoms with Crippen LogP contribution in [0.1, 0.15) is 43.4 Å². The molecule has 1 saturated heterocycles. The highest BCUT2D eigenvalue weighted by atomic mass is 16.2. The highest BCUT2D eigenvalue weighted by Crippen LogP contribution is 2.22. The molecule has 1 fully saturated rings. The first-order chi connectivity index (χ1) is 12.9. The van der Waals surface area contributed by atoms with Crippen LogP contribution in [0, 0.1) is 12.8 Å². The van der Waals surface area contributed by atoms with Crippen molar-refractivity contribution in [2.45, 2.75) is 40.0 Å². The van der Waals surface area contributed by atoms with Gasteiger partial charge >= 0.3 is 0 Å². The van der Waals surface area contributed by atoms with E-state index in [-0.39, 0.29) is 11.8 Å². The number of hydrogen-bond donors (Lipinski definition) is 0. The number of aryl methyl sites for hydroxylation is 1. The fraction of sp³-hybridized carbons (Fsp3) is 0.458. The lowest BCUT2D eigenvalue weighted by Gasteiger charge is -2.37. The lowest BCUT2D eigenvalue weighted by Crippen LogP contribution is -2.49. The lowest BCUT2D eigenvalue weighted by atomic mass is 9.95. The van der Waals surface area contributed by atoms with Crippen LogP contribution in [0.25, 0.3) is 0 Å². The SMILES string of the molecule is Cc1cccc(N2CCN(C(=O)C(C)c3ccc(CC(C)C)cc3)CC2)c1. The van der Waals surface area contributed by atoms with Gasteiger partial charge in [0.15, 0.2) is 0 Å². The van der Waals surface area contributed by atoms with Gasteiger partial charge in [-0.3, -0.25) is 4.79 Å². The van der Waals surface area contributed by atoms with Gasteiger partial charge < -0.3 is 9.80 Å². The van der Waals surface area contributed by atoms with Crippen molar-refractivity contribution in [2.75, 3.05) is 31.1 Å². The predicted octanol–water partition coefficient (Wildman–Crippen LogP) is 4.65. The van der Waals surface area contributed by atoms with Crippen LogP contribution in [0.2, 0.25) is 0 Å². The molecule has 3 heteroatoms. The third-order valence-electron chi connectivity index (χ3n) is 5.45. The standard InChI is InChI=1S/C24H32N2O/c1-18(2)16-21-8-10-22(11-9-21)20(4)24(27)26-14-12-25(13-15-26)23-7-5-6-19(3)17-23/h5-11,17-18,20H,12-16H2,1-4H3. The average molecular weight is 365 g/mol. The van der Waals surface area contributed by atoms with E-state index in [2.05, 4.69) is 74.2 Å². The summed E-state index contributed by atoms with van der Waals surface area (Å²) in [5.74, 6) is 0.818. The first-order valence-corrected chi connectivity index (χ1v) is 10.1. The number of anilines is 1. The van der Waals surface area contributed by atoms with Gasteiger partial charge in [0.25, 0.3) is 0 Å². The Bertz CT molecular complexity index is 758. The van der Waals surface area contributed by atoms with Crippen molar-refractivity contribution in [3.63, 3.8) is 0 Å². The molecular weight excluding hydrogens is 332 g/mol. The Kier molecular flexibility index (Phi) is 6.20. The van der Waals surface area contributed by atoms with Crippen molar-refractivity contribution in [1.82, 2.24) is 4.90 Å². The van der Waals surface area contributed by atoms with Crippen molar-refractivity contribution in [3.8, 4) is 0 Å². The predicted molar refractivity (Wildman–Crippen MR) is 113 cm³/mol. The molecule has 1 amide bonds. The smallest absolute Gasteiger partial charge is 0.229 e. The fourth-order valence-corrected chi connectivity index (χ4v) is 3.84. The van der Waals surface area contributed by atoms with Crippen LogP contribution < -0.4 is 4.90 Å². The fourth-order valence-electron chi connectivity index (χ4n) is 3.84. The second-order valence-corrected chi connectivity index (χ2v) is 8.21. The molecule has 27 heavy (non-hydrogen) atoms. The maximum atomic E-state index is 13.0. The maximum absolute atomic E-state index is 13.0. The van der Waals surface area contributed by atoms with E-state index in [4.69, 9.17) is 0 Å². The van der Waals surface area contributed by atoms with E-state index in [0.717, 1.165) is 38.2 Å². The normalized spacial score (nSPS) is 15.9. The van der Waals surface area contributed by atoms with Crippen molar-refractivity contribution in [1.29, 1.82) is 0 Å². The number of rotatable bonds is 5. The summed E-state index contributed by atoms with van der Waals surface area (Å²) in [6.07, 6.45) is 1.09. The Morgan fingerprint density at radius 3 is 2.22 bits per heavy atom. The van der Waals surface area contributed by atoms with Gasteiger partial charge in [0, 0.05) is 31.9 Å². The summed E-state index contributed by atoms with van der Waals surface area (Å²) < 4.78 is 0. The van der Waals surface area contributed by atoms with Gasteiger partial charge in [-0.25, -0.2) is 0 Å². The Morgan fingerprint density at radius 2 is 1.63 bits per heavy atom. The summed E-state index contributed by atoms with van der Waals surface area (Å²) in [4.78, 5) is 17.4. The minimum atomic E-state index is -0.0800. The highest BCUT2D eigenvalue weighted by Gasteiger charge is 2.26. The summed E-state index contributed by atoms with van der Waals surface area (Å²) in [5.41, 5.74) is 5.00. The highest BCUT2D eigenvalue weighted by molar-refractivity contribution is 5.83.